The van der Waals surface area contributed by atoms with Crippen LogP contribution >= 0.6 is 23.2 Å². The average Bonchev–Trinajstić information content (AvgIpc) is 2.74. The topological polar surface area (TPSA) is 92.8 Å². The van der Waals surface area contributed by atoms with Crippen LogP contribution in [0.15, 0.2) is 41.3 Å². The zero-order valence-corrected chi connectivity index (χ0v) is 18.7. The number of nitrogens with zero attached hydrogens (tertiary/aromatic N) is 1. The summed E-state index contributed by atoms with van der Waals surface area (Å²) in [7, 11) is -2.73. The van der Waals surface area contributed by atoms with Crippen LogP contribution in [0.3, 0.4) is 0 Å². The molecule has 1 aliphatic heterocycles. The lowest BCUT2D eigenvalue weighted by Gasteiger charge is -2.31. The molecule has 11 heteroatoms. The first-order valence-electron chi connectivity index (χ1n) is 9.28. The van der Waals surface area contributed by atoms with Crippen molar-refractivity contribution in [3.05, 3.63) is 57.8 Å². The smallest absolute Gasteiger partial charge is 0.337 e. The molecular formula is C20H19Cl2FN2O5S. The third kappa shape index (κ3) is 5.01. The van der Waals surface area contributed by atoms with Crippen LogP contribution in [0.25, 0.3) is 0 Å². The molecule has 0 unspecified atom stereocenters. The number of anilines is 1. The van der Waals surface area contributed by atoms with Gasteiger partial charge in [-0.2, -0.15) is 4.31 Å². The Morgan fingerprint density at radius 3 is 2.32 bits per heavy atom. The van der Waals surface area contributed by atoms with Gasteiger partial charge in [0.1, 0.15) is 10.7 Å². The number of sulfonamides is 1. The van der Waals surface area contributed by atoms with E-state index in [1.165, 1.54) is 35.7 Å². The second kappa shape index (κ2) is 9.52. The number of halogens is 3. The molecule has 0 aromatic heterocycles. The lowest BCUT2D eigenvalue weighted by molar-refractivity contribution is -0.120. The lowest BCUT2D eigenvalue weighted by Crippen LogP contribution is -2.41. The summed E-state index contributed by atoms with van der Waals surface area (Å²) in [6, 6.07) is 7.94. The van der Waals surface area contributed by atoms with Gasteiger partial charge in [0, 0.05) is 19.0 Å². The van der Waals surface area contributed by atoms with E-state index in [4.69, 9.17) is 23.2 Å². The van der Waals surface area contributed by atoms with Crippen LogP contribution in [0.5, 0.6) is 0 Å². The van der Waals surface area contributed by atoms with Crippen LogP contribution < -0.4 is 5.32 Å². The Kier molecular flexibility index (Phi) is 7.20. The fourth-order valence-electron chi connectivity index (χ4n) is 3.32. The van der Waals surface area contributed by atoms with E-state index in [-0.39, 0.29) is 52.1 Å². The fourth-order valence-corrected chi connectivity index (χ4v) is 5.88. The van der Waals surface area contributed by atoms with E-state index < -0.39 is 33.6 Å². The van der Waals surface area contributed by atoms with Crippen LogP contribution in [0.4, 0.5) is 10.1 Å². The summed E-state index contributed by atoms with van der Waals surface area (Å²) in [5.74, 6) is -2.36. The van der Waals surface area contributed by atoms with Crippen LogP contribution in [0.2, 0.25) is 10.0 Å². The normalized spacial score (nSPS) is 15.5. The number of piperidine rings is 1. The Balaban J connectivity index is 1.69. The predicted octanol–water partition coefficient (Wildman–Crippen LogP) is 3.96. The molecule has 1 fully saturated rings. The molecule has 0 aliphatic carbocycles. The first-order chi connectivity index (χ1) is 14.6. The van der Waals surface area contributed by atoms with E-state index >= 15 is 0 Å². The summed E-state index contributed by atoms with van der Waals surface area (Å²) in [5.41, 5.74) is -0.0532. The number of rotatable bonds is 5. The Labute approximate surface area is 189 Å². The Morgan fingerprint density at radius 2 is 1.74 bits per heavy atom. The van der Waals surface area contributed by atoms with Gasteiger partial charge in [-0.25, -0.2) is 17.6 Å². The summed E-state index contributed by atoms with van der Waals surface area (Å²) in [6.45, 7) is 0.152. The highest BCUT2D eigenvalue weighted by Crippen LogP contribution is 2.33. The van der Waals surface area contributed by atoms with Crippen molar-refractivity contribution >= 4 is 50.8 Å². The van der Waals surface area contributed by atoms with E-state index in [2.05, 4.69) is 10.1 Å². The molecule has 2 aromatic carbocycles. The summed E-state index contributed by atoms with van der Waals surface area (Å²) in [5, 5.41) is 2.51. The number of amides is 1. The van der Waals surface area contributed by atoms with Gasteiger partial charge in [0.2, 0.25) is 15.9 Å². The number of hydrogen-bond acceptors (Lipinski definition) is 5. The number of esters is 1. The zero-order valence-electron chi connectivity index (χ0n) is 16.4. The number of carbonyl (C=O) groups excluding carboxylic acids is 2. The van der Waals surface area contributed by atoms with E-state index in [0.717, 1.165) is 6.07 Å². The van der Waals surface area contributed by atoms with Gasteiger partial charge in [0.05, 0.1) is 28.4 Å². The third-order valence-electron chi connectivity index (χ3n) is 4.99. The molecule has 3 rings (SSSR count). The molecule has 0 bridgehead atoms. The number of carbonyl (C=O) groups is 2. The van der Waals surface area contributed by atoms with E-state index in [1.807, 2.05) is 0 Å². The van der Waals surface area contributed by atoms with Crippen molar-refractivity contribution in [2.45, 2.75) is 17.7 Å². The molecule has 1 N–H and O–H groups in total. The summed E-state index contributed by atoms with van der Waals surface area (Å²) < 4.78 is 45.8. The van der Waals surface area contributed by atoms with Gasteiger partial charge in [0.15, 0.2) is 0 Å². The van der Waals surface area contributed by atoms with Gasteiger partial charge < -0.3 is 10.1 Å². The number of benzene rings is 2. The highest BCUT2D eigenvalue weighted by molar-refractivity contribution is 7.89. The second-order valence-electron chi connectivity index (χ2n) is 6.90. The summed E-state index contributed by atoms with van der Waals surface area (Å²) >= 11 is 12.1. The first kappa shape index (κ1) is 23.5. The summed E-state index contributed by atoms with van der Waals surface area (Å²) in [6.07, 6.45) is 0.455. The lowest BCUT2D eigenvalue weighted by atomic mass is 9.97. The first-order valence-corrected chi connectivity index (χ1v) is 11.5. The minimum atomic E-state index is -3.93. The zero-order chi connectivity index (χ0) is 22.8. The van der Waals surface area contributed by atoms with Crippen molar-refractivity contribution < 1.29 is 27.1 Å². The monoisotopic (exact) mass is 488 g/mol. The number of methoxy groups -OCH3 is 1. The minimum absolute atomic E-state index is 0.0216. The third-order valence-corrected chi connectivity index (χ3v) is 7.84. The maximum absolute atomic E-state index is 14.1. The van der Waals surface area contributed by atoms with Gasteiger partial charge in [-0.1, -0.05) is 29.3 Å². The number of ether oxygens (including phenoxy) is 1. The predicted molar refractivity (Wildman–Crippen MR) is 114 cm³/mol. The van der Waals surface area contributed by atoms with Crippen molar-refractivity contribution in [1.29, 1.82) is 0 Å². The molecule has 2 aromatic rings. The Bertz CT molecular complexity index is 1100. The standard InChI is InChI=1S/C20H19Cl2FN2O5S/c1-30-20(27)13-5-6-16(23)17(11-13)24-19(26)12-7-9-25(10-8-12)31(28,29)18-14(21)3-2-4-15(18)22/h2-6,11-12H,7-10H2,1H3,(H,24,26). The molecule has 0 saturated carbocycles. The summed E-state index contributed by atoms with van der Waals surface area (Å²) in [4.78, 5) is 24.1. The molecule has 0 spiro atoms. The molecule has 31 heavy (non-hydrogen) atoms. The number of hydrogen-bond donors (Lipinski definition) is 1. The van der Waals surface area contributed by atoms with Crippen molar-refractivity contribution in [2.75, 3.05) is 25.5 Å². The molecule has 1 amide bonds. The van der Waals surface area contributed by atoms with Gasteiger partial charge in [-0.15, -0.1) is 0 Å². The van der Waals surface area contributed by atoms with Gasteiger partial charge in [-0.05, 0) is 43.2 Å². The van der Waals surface area contributed by atoms with Crippen molar-refractivity contribution in [2.24, 2.45) is 5.92 Å². The maximum Gasteiger partial charge on any atom is 0.337 e. The van der Waals surface area contributed by atoms with Crippen LogP contribution in [0.1, 0.15) is 23.2 Å². The molecule has 1 aliphatic rings. The van der Waals surface area contributed by atoms with Gasteiger partial charge in [-0.3, -0.25) is 4.79 Å². The molecule has 0 atom stereocenters. The molecular weight excluding hydrogens is 470 g/mol. The molecule has 7 nitrogen and oxygen atoms in total. The van der Waals surface area contributed by atoms with Crippen molar-refractivity contribution in [3.63, 3.8) is 0 Å². The maximum atomic E-state index is 14.1. The quantitative estimate of drug-likeness (QED) is 0.642. The van der Waals surface area contributed by atoms with Gasteiger partial charge >= 0.3 is 5.97 Å². The van der Waals surface area contributed by atoms with Crippen LogP contribution in [-0.4, -0.2) is 44.8 Å². The fraction of sp³-hybridized carbons (Fsp3) is 0.300. The molecule has 1 heterocycles. The van der Waals surface area contributed by atoms with E-state index in [9.17, 15) is 22.4 Å². The highest BCUT2D eigenvalue weighted by atomic mass is 35.5. The Hall–Kier alpha value is -2.20. The molecule has 0 radical (unpaired) electrons. The van der Waals surface area contributed by atoms with Crippen molar-refractivity contribution in [3.8, 4) is 0 Å². The van der Waals surface area contributed by atoms with Crippen LogP contribution in [-0.2, 0) is 19.6 Å². The second-order valence-corrected chi connectivity index (χ2v) is 9.59. The molecule has 1 saturated heterocycles. The highest BCUT2D eigenvalue weighted by Gasteiger charge is 2.34. The number of nitrogens with one attached hydrogen (secondary N) is 1. The largest absolute Gasteiger partial charge is 0.465 e. The molecule has 166 valence electrons. The van der Waals surface area contributed by atoms with E-state index in [0.29, 0.717) is 0 Å². The SMILES string of the molecule is COC(=O)c1ccc(F)c(NC(=O)C2CCN(S(=O)(=O)c3c(Cl)cccc3Cl)CC2)c1. The van der Waals surface area contributed by atoms with Crippen LogP contribution in [0, 0.1) is 11.7 Å². The average molecular weight is 489 g/mol. The van der Waals surface area contributed by atoms with Gasteiger partial charge in [0.25, 0.3) is 0 Å². The van der Waals surface area contributed by atoms with Crippen molar-refractivity contribution in [1.82, 2.24) is 4.31 Å². The minimum Gasteiger partial charge on any atom is -0.465 e. The Morgan fingerprint density at radius 1 is 1.13 bits per heavy atom. The van der Waals surface area contributed by atoms with E-state index in [1.54, 1.807) is 6.07 Å².